The molecule has 0 aliphatic rings. The van der Waals surface area contributed by atoms with Gasteiger partial charge in [-0.2, -0.15) is 0 Å². The summed E-state index contributed by atoms with van der Waals surface area (Å²) in [7, 11) is 1.48. The zero-order valence-electron chi connectivity index (χ0n) is 8.87. The van der Waals surface area contributed by atoms with E-state index in [1.807, 2.05) is 13.8 Å². The predicted molar refractivity (Wildman–Crippen MR) is 58.4 cm³/mol. The second-order valence-electron chi connectivity index (χ2n) is 3.31. The van der Waals surface area contributed by atoms with E-state index < -0.39 is 0 Å². The van der Waals surface area contributed by atoms with Crippen molar-refractivity contribution in [2.45, 2.75) is 19.9 Å². The summed E-state index contributed by atoms with van der Waals surface area (Å²) in [6, 6.07) is 1.64. The van der Waals surface area contributed by atoms with Crippen molar-refractivity contribution < 1.29 is 9.53 Å². The average molecular weight is 229 g/mol. The number of methoxy groups -OCH3 is 1. The van der Waals surface area contributed by atoms with Gasteiger partial charge in [0.1, 0.15) is 16.5 Å². The van der Waals surface area contributed by atoms with Crippen molar-refractivity contribution in [2.24, 2.45) is 0 Å². The Labute approximate surface area is 93.6 Å². The fourth-order valence-corrected chi connectivity index (χ4v) is 1.37. The summed E-state index contributed by atoms with van der Waals surface area (Å²) in [5, 5.41) is 2.88. The Hall–Kier alpha value is -1.29. The number of amides is 1. The third kappa shape index (κ3) is 2.83. The SMILES string of the molecule is COc1ccnc(Cl)c1C(=O)NC(C)C. The van der Waals surface area contributed by atoms with Crippen LogP contribution in [0.5, 0.6) is 5.75 Å². The van der Waals surface area contributed by atoms with Gasteiger partial charge in [0.05, 0.1) is 7.11 Å². The molecule has 1 rings (SSSR count). The van der Waals surface area contributed by atoms with E-state index in [1.54, 1.807) is 6.07 Å². The molecule has 0 aliphatic carbocycles. The van der Waals surface area contributed by atoms with E-state index >= 15 is 0 Å². The maximum absolute atomic E-state index is 11.7. The van der Waals surface area contributed by atoms with Gasteiger partial charge < -0.3 is 10.1 Å². The zero-order chi connectivity index (χ0) is 11.4. The molecule has 1 heterocycles. The Morgan fingerprint density at radius 1 is 1.60 bits per heavy atom. The van der Waals surface area contributed by atoms with Gasteiger partial charge in [-0.15, -0.1) is 0 Å². The lowest BCUT2D eigenvalue weighted by atomic mass is 10.2. The van der Waals surface area contributed by atoms with Crippen molar-refractivity contribution in [1.29, 1.82) is 0 Å². The number of hydrogen-bond acceptors (Lipinski definition) is 3. The molecule has 1 N–H and O–H groups in total. The van der Waals surface area contributed by atoms with Gasteiger partial charge in [0.25, 0.3) is 5.91 Å². The summed E-state index contributed by atoms with van der Waals surface area (Å²) in [5.41, 5.74) is 0.273. The van der Waals surface area contributed by atoms with E-state index in [4.69, 9.17) is 16.3 Å². The number of aromatic nitrogens is 1. The van der Waals surface area contributed by atoms with Crippen molar-refractivity contribution in [3.8, 4) is 5.75 Å². The van der Waals surface area contributed by atoms with E-state index in [0.29, 0.717) is 5.75 Å². The standard InChI is InChI=1S/C10H13ClN2O2/c1-6(2)13-10(14)8-7(15-3)4-5-12-9(8)11/h4-6H,1-3H3,(H,13,14). The van der Waals surface area contributed by atoms with Crippen LogP contribution in [-0.4, -0.2) is 24.0 Å². The lowest BCUT2D eigenvalue weighted by Crippen LogP contribution is -2.30. The van der Waals surface area contributed by atoms with Gasteiger partial charge in [-0.25, -0.2) is 4.98 Å². The van der Waals surface area contributed by atoms with E-state index in [1.165, 1.54) is 13.3 Å². The molecule has 0 aliphatic heterocycles. The van der Waals surface area contributed by atoms with E-state index in [-0.39, 0.29) is 22.7 Å². The summed E-state index contributed by atoms with van der Waals surface area (Å²) in [6.07, 6.45) is 1.49. The highest BCUT2D eigenvalue weighted by Crippen LogP contribution is 2.23. The van der Waals surface area contributed by atoms with Crippen molar-refractivity contribution in [2.75, 3.05) is 7.11 Å². The van der Waals surface area contributed by atoms with Gasteiger partial charge in [0.2, 0.25) is 0 Å². The van der Waals surface area contributed by atoms with Crippen molar-refractivity contribution >= 4 is 17.5 Å². The zero-order valence-corrected chi connectivity index (χ0v) is 9.63. The molecule has 0 spiro atoms. The first-order valence-corrected chi connectivity index (χ1v) is 4.93. The smallest absolute Gasteiger partial charge is 0.258 e. The molecule has 0 atom stereocenters. The Bertz CT molecular complexity index is 366. The molecular weight excluding hydrogens is 216 g/mol. The second-order valence-corrected chi connectivity index (χ2v) is 3.67. The minimum atomic E-state index is -0.278. The van der Waals surface area contributed by atoms with Gasteiger partial charge in [0, 0.05) is 12.2 Å². The van der Waals surface area contributed by atoms with Crippen LogP contribution in [0.1, 0.15) is 24.2 Å². The highest BCUT2D eigenvalue weighted by molar-refractivity contribution is 6.33. The van der Waals surface area contributed by atoms with E-state index in [2.05, 4.69) is 10.3 Å². The average Bonchev–Trinajstić information content (AvgIpc) is 2.15. The molecule has 0 saturated heterocycles. The molecule has 15 heavy (non-hydrogen) atoms. The molecule has 5 heteroatoms. The highest BCUT2D eigenvalue weighted by Gasteiger charge is 2.17. The van der Waals surface area contributed by atoms with E-state index in [9.17, 15) is 4.79 Å². The quantitative estimate of drug-likeness (QED) is 0.804. The van der Waals surface area contributed by atoms with Crippen LogP contribution in [0.4, 0.5) is 0 Å². The van der Waals surface area contributed by atoms with Crippen LogP contribution >= 0.6 is 11.6 Å². The molecule has 0 aromatic carbocycles. The highest BCUT2D eigenvalue weighted by atomic mass is 35.5. The third-order valence-corrected chi connectivity index (χ3v) is 2.02. The lowest BCUT2D eigenvalue weighted by Gasteiger charge is -2.11. The van der Waals surface area contributed by atoms with E-state index in [0.717, 1.165) is 0 Å². The normalized spacial score (nSPS) is 10.2. The number of ether oxygens (including phenoxy) is 1. The first-order valence-electron chi connectivity index (χ1n) is 4.55. The number of nitrogens with zero attached hydrogens (tertiary/aromatic N) is 1. The summed E-state index contributed by atoms with van der Waals surface area (Å²) >= 11 is 5.83. The molecule has 4 nitrogen and oxygen atoms in total. The topological polar surface area (TPSA) is 51.2 Å². The Kier molecular flexibility index (Phi) is 3.91. The predicted octanol–water partition coefficient (Wildman–Crippen LogP) is 1.88. The number of carbonyl (C=O) groups is 1. The summed E-state index contributed by atoms with van der Waals surface area (Å²) in [6.45, 7) is 3.74. The maximum Gasteiger partial charge on any atom is 0.258 e. The summed E-state index contributed by atoms with van der Waals surface area (Å²) in [4.78, 5) is 15.6. The van der Waals surface area contributed by atoms with Gasteiger partial charge in [-0.05, 0) is 19.9 Å². The largest absolute Gasteiger partial charge is 0.496 e. The van der Waals surface area contributed by atoms with Crippen molar-refractivity contribution in [1.82, 2.24) is 10.3 Å². The second kappa shape index (κ2) is 4.98. The van der Waals surface area contributed by atoms with Gasteiger partial charge in [0.15, 0.2) is 0 Å². The monoisotopic (exact) mass is 228 g/mol. The molecule has 0 radical (unpaired) electrons. The number of carbonyl (C=O) groups excluding carboxylic acids is 1. The van der Waals surface area contributed by atoms with Crippen molar-refractivity contribution in [3.63, 3.8) is 0 Å². The molecule has 1 amide bonds. The molecule has 1 aromatic rings. The summed E-state index contributed by atoms with van der Waals surface area (Å²) in [5.74, 6) is 0.146. The minimum absolute atomic E-state index is 0.0403. The fourth-order valence-electron chi connectivity index (χ4n) is 1.13. The van der Waals surface area contributed by atoms with Crippen LogP contribution in [0, 0.1) is 0 Å². The van der Waals surface area contributed by atoms with Gasteiger partial charge in [-0.3, -0.25) is 4.79 Å². The number of hydrogen-bond donors (Lipinski definition) is 1. The first-order chi connectivity index (χ1) is 7.06. The molecule has 1 aromatic heterocycles. The lowest BCUT2D eigenvalue weighted by molar-refractivity contribution is 0.0940. The van der Waals surface area contributed by atoms with Crippen LogP contribution < -0.4 is 10.1 Å². The fraction of sp³-hybridized carbons (Fsp3) is 0.400. The van der Waals surface area contributed by atoms with Crippen LogP contribution in [0.25, 0.3) is 0 Å². The molecular formula is C10H13ClN2O2. The summed E-state index contributed by atoms with van der Waals surface area (Å²) < 4.78 is 5.04. The molecule has 0 bridgehead atoms. The number of nitrogens with one attached hydrogen (secondary N) is 1. The Morgan fingerprint density at radius 3 is 2.80 bits per heavy atom. The van der Waals surface area contributed by atoms with Crippen LogP contribution in [0.15, 0.2) is 12.3 Å². The molecule has 0 saturated carbocycles. The molecule has 0 unspecified atom stereocenters. The van der Waals surface area contributed by atoms with Crippen molar-refractivity contribution in [3.05, 3.63) is 23.0 Å². The van der Waals surface area contributed by atoms with Gasteiger partial charge >= 0.3 is 0 Å². The maximum atomic E-state index is 11.7. The number of pyridine rings is 1. The van der Waals surface area contributed by atoms with Gasteiger partial charge in [-0.1, -0.05) is 11.6 Å². The van der Waals surface area contributed by atoms with Crippen LogP contribution in [-0.2, 0) is 0 Å². The Morgan fingerprint density at radius 2 is 2.27 bits per heavy atom. The number of halogens is 1. The van der Waals surface area contributed by atoms with Crippen LogP contribution in [0.3, 0.4) is 0 Å². The first kappa shape index (κ1) is 11.8. The number of rotatable bonds is 3. The minimum Gasteiger partial charge on any atom is -0.496 e. The Balaban J connectivity index is 3.06. The van der Waals surface area contributed by atoms with Crippen LogP contribution in [0.2, 0.25) is 5.15 Å². The molecule has 0 fully saturated rings. The third-order valence-electron chi connectivity index (χ3n) is 1.73. The molecule has 82 valence electrons.